The Morgan fingerprint density at radius 1 is 1.18 bits per heavy atom. The zero-order valence-electron chi connectivity index (χ0n) is 12.4. The quantitative estimate of drug-likeness (QED) is 0.740. The van der Waals surface area contributed by atoms with E-state index in [1.807, 2.05) is 27.8 Å². The molecule has 1 fully saturated rings. The van der Waals surface area contributed by atoms with Gasteiger partial charge < -0.3 is 4.74 Å². The number of likely N-dealkylation sites (tertiary alicyclic amines) is 1. The van der Waals surface area contributed by atoms with Gasteiger partial charge in [0.1, 0.15) is 6.17 Å². The Labute approximate surface area is 106 Å². The monoisotopic (exact) mass is 245 g/mol. The molecule has 0 N–H and O–H groups in total. The van der Waals surface area contributed by atoms with Crippen LogP contribution in [0.2, 0.25) is 0 Å². The molecular formula is C14H28FNO. The molecule has 1 saturated heterocycles. The van der Waals surface area contributed by atoms with E-state index in [0.717, 1.165) is 6.54 Å². The minimum absolute atomic E-state index is 0.0547. The predicted octanol–water partition coefficient (Wildman–Crippen LogP) is 3.26. The van der Waals surface area contributed by atoms with Crippen LogP contribution >= 0.6 is 0 Å². The third kappa shape index (κ3) is 3.92. The standard InChI is InChI=1S/C14H28FNO/c1-13(2,3)12(17-14(4,5)6)11-10(15)8-9-16(11)7/h10-12H,8-9H2,1-7H3/t10-,11-,12?/m0/s1. The summed E-state index contributed by atoms with van der Waals surface area (Å²) in [5, 5.41) is 0. The number of nitrogens with zero attached hydrogens (tertiary/aromatic N) is 1. The van der Waals surface area contributed by atoms with Gasteiger partial charge in [-0.2, -0.15) is 0 Å². The summed E-state index contributed by atoms with van der Waals surface area (Å²) in [5.74, 6) is 0. The molecule has 1 aliphatic rings. The molecule has 0 saturated carbocycles. The molecule has 0 spiro atoms. The van der Waals surface area contributed by atoms with Crippen molar-refractivity contribution in [1.29, 1.82) is 0 Å². The highest BCUT2D eigenvalue weighted by Gasteiger charge is 2.45. The Morgan fingerprint density at radius 3 is 2.00 bits per heavy atom. The highest BCUT2D eigenvalue weighted by atomic mass is 19.1. The SMILES string of the molecule is CN1CC[C@H](F)[C@H]1C(OC(C)(C)C)C(C)(C)C. The first-order valence-corrected chi connectivity index (χ1v) is 6.54. The second-order valence-corrected chi connectivity index (χ2v) is 7.29. The summed E-state index contributed by atoms with van der Waals surface area (Å²) in [6.07, 6.45) is -0.224. The molecule has 0 aliphatic carbocycles. The van der Waals surface area contributed by atoms with Gasteiger partial charge in [-0.05, 0) is 39.7 Å². The fourth-order valence-corrected chi connectivity index (χ4v) is 2.48. The average Bonchev–Trinajstić information content (AvgIpc) is 2.39. The summed E-state index contributed by atoms with van der Waals surface area (Å²) in [4.78, 5) is 2.10. The first-order chi connectivity index (χ1) is 7.52. The number of alkyl halides is 1. The van der Waals surface area contributed by atoms with Crippen LogP contribution < -0.4 is 0 Å². The van der Waals surface area contributed by atoms with E-state index in [9.17, 15) is 4.39 Å². The lowest BCUT2D eigenvalue weighted by atomic mass is 9.82. The summed E-state index contributed by atoms with van der Waals surface area (Å²) in [6, 6.07) is -0.116. The number of halogens is 1. The van der Waals surface area contributed by atoms with Crippen LogP contribution in [-0.2, 0) is 4.74 Å². The van der Waals surface area contributed by atoms with E-state index in [4.69, 9.17) is 4.74 Å². The van der Waals surface area contributed by atoms with Gasteiger partial charge in [-0.1, -0.05) is 20.8 Å². The first-order valence-electron chi connectivity index (χ1n) is 6.54. The minimum Gasteiger partial charge on any atom is -0.370 e. The van der Waals surface area contributed by atoms with Crippen molar-refractivity contribution < 1.29 is 9.13 Å². The Kier molecular flexibility index (Phi) is 4.25. The topological polar surface area (TPSA) is 12.5 Å². The lowest BCUT2D eigenvalue weighted by Gasteiger charge is -2.42. The van der Waals surface area contributed by atoms with Crippen molar-refractivity contribution in [2.24, 2.45) is 5.41 Å². The van der Waals surface area contributed by atoms with Crippen LogP contribution in [0.15, 0.2) is 0 Å². The van der Waals surface area contributed by atoms with Gasteiger partial charge in [-0.3, -0.25) is 4.90 Å². The maximum absolute atomic E-state index is 14.1. The predicted molar refractivity (Wildman–Crippen MR) is 70.0 cm³/mol. The van der Waals surface area contributed by atoms with Crippen LogP contribution in [-0.4, -0.2) is 42.4 Å². The summed E-state index contributed by atoms with van der Waals surface area (Å²) < 4.78 is 20.2. The number of hydrogen-bond acceptors (Lipinski definition) is 2. The third-order valence-electron chi connectivity index (χ3n) is 3.28. The molecule has 1 heterocycles. The first kappa shape index (κ1) is 14.9. The fourth-order valence-electron chi connectivity index (χ4n) is 2.48. The van der Waals surface area contributed by atoms with Gasteiger partial charge in [0.15, 0.2) is 0 Å². The van der Waals surface area contributed by atoms with Crippen molar-refractivity contribution in [2.45, 2.75) is 71.9 Å². The van der Waals surface area contributed by atoms with Crippen molar-refractivity contribution in [3.63, 3.8) is 0 Å². The lowest BCUT2D eigenvalue weighted by molar-refractivity contribution is -0.138. The molecule has 3 heteroatoms. The maximum Gasteiger partial charge on any atom is 0.119 e. The van der Waals surface area contributed by atoms with Gasteiger partial charge in [0.05, 0.1) is 17.7 Å². The minimum atomic E-state index is -0.772. The molecule has 2 nitrogen and oxygen atoms in total. The largest absolute Gasteiger partial charge is 0.370 e. The number of likely N-dealkylation sites (N-methyl/N-ethyl adjacent to an activating group) is 1. The summed E-state index contributed by atoms with van der Waals surface area (Å²) >= 11 is 0. The van der Waals surface area contributed by atoms with Crippen molar-refractivity contribution in [1.82, 2.24) is 4.90 Å². The van der Waals surface area contributed by atoms with Crippen molar-refractivity contribution in [3.8, 4) is 0 Å². The van der Waals surface area contributed by atoms with Crippen molar-refractivity contribution in [3.05, 3.63) is 0 Å². The maximum atomic E-state index is 14.1. The molecule has 102 valence electrons. The molecule has 0 aromatic heterocycles. The normalized spacial score (nSPS) is 29.6. The van der Waals surface area contributed by atoms with Gasteiger partial charge in [0.25, 0.3) is 0 Å². The molecule has 3 atom stereocenters. The molecule has 1 unspecified atom stereocenters. The summed E-state index contributed by atoms with van der Waals surface area (Å²) in [7, 11) is 2.00. The second kappa shape index (κ2) is 4.85. The molecule has 0 aromatic carbocycles. The fraction of sp³-hybridized carbons (Fsp3) is 1.00. The van der Waals surface area contributed by atoms with Crippen LogP contribution in [0.5, 0.6) is 0 Å². The molecule has 0 bridgehead atoms. The molecule has 1 aliphatic heterocycles. The van der Waals surface area contributed by atoms with E-state index in [-0.39, 0.29) is 23.2 Å². The molecule has 0 amide bonds. The van der Waals surface area contributed by atoms with Gasteiger partial charge in [0, 0.05) is 6.54 Å². The van der Waals surface area contributed by atoms with Crippen molar-refractivity contribution in [2.75, 3.05) is 13.6 Å². The number of hydrogen-bond donors (Lipinski definition) is 0. The van der Waals surface area contributed by atoms with E-state index in [2.05, 4.69) is 25.7 Å². The Hall–Kier alpha value is -0.150. The Morgan fingerprint density at radius 2 is 1.71 bits per heavy atom. The van der Waals surface area contributed by atoms with E-state index in [0.29, 0.717) is 6.42 Å². The van der Waals surface area contributed by atoms with Crippen LogP contribution in [0.25, 0.3) is 0 Å². The van der Waals surface area contributed by atoms with Gasteiger partial charge in [-0.25, -0.2) is 4.39 Å². The zero-order valence-corrected chi connectivity index (χ0v) is 12.4. The highest BCUT2D eigenvalue weighted by Crippen LogP contribution is 2.35. The van der Waals surface area contributed by atoms with Crippen LogP contribution in [0.3, 0.4) is 0 Å². The van der Waals surface area contributed by atoms with Gasteiger partial charge in [0.2, 0.25) is 0 Å². The van der Waals surface area contributed by atoms with E-state index in [1.165, 1.54) is 0 Å². The Balaban J connectivity index is 2.90. The number of ether oxygens (including phenoxy) is 1. The van der Waals surface area contributed by atoms with Crippen molar-refractivity contribution >= 4 is 0 Å². The van der Waals surface area contributed by atoms with Crippen LogP contribution in [0, 0.1) is 5.41 Å². The second-order valence-electron chi connectivity index (χ2n) is 7.29. The zero-order chi connectivity index (χ0) is 13.4. The highest BCUT2D eigenvalue weighted by molar-refractivity contribution is 4.97. The molecule has 17 heavy (non-hydrogen) atoms. The van der Waals surface area contributed by atoms with E-state index >= 15 is 0 Å². The molecular weight excluding hydrogens is 217 g/mol. The third-order valence-corrected chi connectivity index (χ3v) is 3.28. The lowest BCUT2D eigenvalue weighted by Crippen LogP contribution is -2.52. The molecule has 1 rings (SSSR count). The van der Waals surface area contributed by atoms with E-state index in [1.54, 1.807) is 0 Å². The number of rotatable bonds is 2. The Bertz CT molecular complexity index is 244. The van der Waals surface area contributed by atoms with E-state index < -0.39 is 6.17 Å². The smallest absolute Gasteiger partial charge is 0.119 e. The average molecular weight is 245 g/mol. The molecule has 0 aromatic rings. The summed E-state index contributed by atoms with van der Waals surface area (Å²) in [5.41, 5.74) is -0.290. The van der Waals surface area contributed by atoms with Crippen LogP contribution in [0.4, 0.5) is 4.39 Å². The summed E-state index contributed by atoms with van der Waals surface area (Å²) in [6.45, 7) is 13.3. The van der Waals surface area contributed by atoms with Crippen LogP contribution in [0.1, 0.15) is 48.0 Å². The molecule has 0 radical (unpaired) electrons. The van der Waals surface area contributed by atoms with Gasteiger partial charge >= 0.3 is 0 Å². The van der Waals surface area contributed by atoms with Gasteiger partial charge in [-0.15, -0.1) is 0 Å².